The Balaban J connectivity index is 0.000000159. The number of benzene rings is 4. The van der Waals surface area contributed by atoms with Crippen LogP contribution >= 0.6 is 23.2 Å². The molecule has 2 aromatic heterocycles. The lowest BCUT2D eigenvalue weighted by Crippen LogP contribution is -2.24. The number of rotatable bonds is 7. The van der Waals surface area contributed by atoms with E-state index in [2.05, 4.69) is 72.4 Å². The lowest BCUT2D eigenvalue weighted by molar-refractivity contribution is 0.430. The number of hydrogen-bond acceptors (Lipinski definition) is 5. The van der Waals surface area contributed by atoms with Crippen LogP contribution in [-0.2, 0) is 49.0 Å². The van der Waals surface area contributed by atoms with Crippen LogP contribution in [-0.4, -0.2) is 38.5 Å². The molecule has 2 aliphatic rings. The Morgan fingerprint density at radius 1 is 0.640 bits per heavy atom. The summed E-state index contributed by atoms with van der Waals surface area (Å²) < 4.78 is 29.6. The van der Waals surface area contributed by atoms with Crippen molar-refractivity contribution in [2.45, 2.75) is 52.9 Å². The van der Waals surface area contributed by atoms with Gasteiger partial charge in [-0.3, -0.25) is 0 Å². The van der Waals surface area contributed by atoms with Crippen LogP contribution in [0.2, 0.25) is 10.0 Å². The first-order chi connectivity index (χ1) is 24.2. The SMILES string of the molecule is CCc1ccccc1-n1nc2c(c1-c1ccc(Cl)cc1)CN(S(C)(=O)=O)C2.CCc1ccccc1-n1nc2c(c1-c1ccc(Cl)cc1)CNC2. The summed E-state index contributed by atoms with van der Waals surface area (Å²) in [7, 11) is -3.27. The monoisotopic (exact) mass is 724 g/mol. The highest BCUT2D eigenvalue weighted by molar-refractivity contribution is 7.88. The lowest BCUT2D eigenvalue weighted by Gasteiger charge is -2.16. The third-order valence-electron chi connectivity index (χ3n) is 9.29. The van der Waals surface area contributed by atoms with Crippen molar-refractivity contribution < 1.29 is 8.42 Å². The first-order valence-electron chi connectivity index (χ1n) is 16.7. The molecule has 0 aliphatic carbocycles. The molecule has 4 heterocycles. The average molecular weight is 726 g/mol. The molecule has 2 aliphatic heterocycles. The molecule has 11 heteroatoms. The van der Waals surface area contributed by atoms with Crippen molar-refractivity contribution in [3.63, 3.8) is 0 Å². The van der Waals surface area contributed by atoms with Crippen LogP contribution < -0.4 is 5.32 Å². The number of fused-ring (bicyclic) bond motifs is 2. The standard InChI is InChI=1S/C20H20ClN3O2S.C19H18ClN3/c1-3-14-6-4-5-7-19(14)24-20(15-8-10-16(21)11-9-15)17-12-23(27(2,25)26)13-18(17)22-24;1-2-13-5-3-4-6-18(13)23-19(14-7-9-15(20)10-8-14)16-11-21-12-17(16)22-23/h4-11H,3,12-13H2,1-2H3;3-10,21H,2,11-12H2,1H3. The predicted octanol–water partition coefficient (Wildman–Crippen LogP) is 8.39. The summed E-state index contributed by atoms with van der Waals surface area (Å²) >= 11 is 12.1. The number of para-hydroxylation sites is 2. The minimum Gasteiger partial charge on any atom is -0.307 e. The van der Waals surface area contributed by atoms with Crippen LogP contribution in [0.15, 0.2) is 97.1 Å². The zero-order chi connectivity index (χ0) is 35.0. The van der Waals surface area contributed by atoms with Gasteiger partial charge in [0.2, 0.25) is 10.0 Å². The maximum absolute atomic E-state index is 12.0. The number of aromatic nitrogens is 4. The Morgan fingerprint density at radius 2 is 1.12 bits per heavy atom. The van der Waals surface area contributed by atoms with E-state index in [0.29, 0.717) is 18.1 Å². The molecule has 0 saturated heterocycles. The van der Waals surface area contributed by atoms with Gasteiger partial charge in [-0.1, -0.05) is 97.7 Å². The van der Waals surface area contributed by atoms with Gasteiger partial charge in [-0.05, 0) is 60.4 Å². The van der Waals surface area contributed by atoms with Gasteiger partial charge in [-0.15, -0.1) is 0 Å². The summed E-state index contributed by atoms with van der Waals surface area (Å²) in [6, 6.07) is 32.3. The van der Waals surface area contributed by atoms with Crippen LogP contribution in [0.3, 0.4) is 0 Å². The second-order valence-electron chi connectivity index (χ2n) is 12.5. The molecule has 50 heavy (non-hydrogen) atoms. The predicted molar refractivity (Wildman–Crippen MR) is 201 cm³/mol. The maximum atomic E-state index is 12.0. The van der Waals surface area contributed by atoms with E-state index >= 15 is 0 Å². The van der Waals surface area contributed by atoms with E-state index in [-0.39, 0.29) is 0 Å². The van der Waals surface area contributed by atoms with E-state index in [1.807, 2.05) is 53.2 Å². The summed E-state index contributed by atoms with van der Waals surface area (Å²) in [5.41, 5.74) is 13.1. The maximum Gasteiger partial charge on any atom is 0.211 e. The van der Waals surface area contributed by atoms with Gasteiger partial charge in [-0.2, -0.15) is 14.5 Å². The molecule has 4 aromatic carbocycles. The minimum absolute atomic E-state index is 0.302. The summed E-state index contributed by atoms with van der Waals surface area (Å²) in [5, 5.41) is 14.5. The second kappa shape index (κ2) is 14.2. The van der Waals surface area contributed by atoms with Crippen molar-refractivity contribution in [1.82, 2.24) is 29.2 Å². The zero-order valence-corrected chi connectivity index (χ0v) is 30.5. The molecular formula is C39H38Cl2N6O2S. The quantitative estimate of drug-likeness (QED) is 0.179. The summed E-state index contributed by atoms with van der Waals surface area (Å²) in [5.74, 6) is 0. The number of halogens is 2. The van der Waals surface area contributed by atoms with Crippen LogP contribution in [0.4, 0.5) is 0 Å². The van der Waals surface area contributed by atoms with Crippen LogP contribution in [0.25, 0.3) is 33.9 Å². The molecule has 0 radical (unpaired) electrons. The smallest absolute Gasteiger partial charge is 0.211 e. The normalized spacial score (nSPS) is 13.9. The Hall–Kier alpha value is -4.25. The molecule has 0 atom stereocenters. The molecule has 0 spiro atoms. The Kier molecular flexibility index (Phi) is 9.69. The van der Waals surface area contributed by atoms with Gasteiger partial charge in [0, 0.05) is 51.9 Å². The van der Waals surface area contributed by atoms with Crippen molar-refractivity contribution in [2.24, 2.45) is 0 Å². The van der Waals surface area contributed by atoms with E-state index in [9.17, 15) is 8.42 Å². The second-order valence-corrected chi connectivity index (χ2v) is 15.3. The van der Waals surface area contributed by atoms with Crippen LogP contribution in [0.5, 0.6) is 0 Å². The molecule has 6 aromatic rings. The fourth-order valence-corrected chi connectivity index (χ4v) is 7.71. The average Bonchev–Trinajstić information content (AvgIpc) is 3.90. The van der Waals surface area contributed by atoms with Gasteiger partial charge < -0.3 is 5.32 Å². The van der Waals surface area contributed by atoms with Crippen LogP contribution in [0.1, 0.15) is 47.5 Å². The fraction of sp³-hybridized carbons (Fsp3) is 0.231. The Labute approximate surface area is 303 Å². The molecule has 8 nitrogen and oxygen atoms in total. The highest BCUT2D eigenvalue weighted by Crippen LogP contribution is 2.37. The van der Waals surface area contributed by atoms with Crippen LogP contribution in [0, 0.1) is 0 Å². The first-order valence-corrected chi connectivity index (χ1v) is 19.3. The molecule has 0 saturated carbocycles. The molecule has 0 amide bonds. The summed E-state index contributed by atoms with van der Waals surface area (Å²) in [6.07, 6.45) is 3.11. The highest BCUT2D eigenvalue weighted by atomic mass is 35.5. The molecule has 256 valence electrons. The number of nitrogens with zero attached hydrogens (tertiary/aromatic N) is 5. The Morgan fingerprint density at radius 3 is 1.62 bits per heavy atom. The third-order valence-corrected chi connectivity index (χ3v) is 11.0. The molecule has 0 unspecified atom stereocenters. The van der Waals surface area contributed by atoms with E-state index in [1.165, 1.54) is 32.9 Å². The minimum atomic E-state index is -3.27. The van der Waals surface area contributed by atoms with Crippen molar-refractivity contribution in [1.29, 1.82) is 0 Å². The van der Waals surface area contributed by atoms with E-state index in [1.54, 1.807) is 0 Å². The topological polar surface area (TPSA) is 85.1 Å². The van der Waals surface area contributed by atoms with Crippen molar-refractivity contribution in [3.05, 3.63) is 141 Å². The number of sulfonamides is 1. The van der Waals surface area contributed by atoms with E-state index < -0.39 is 10.0 Å². The number of hydrogen-bond donors (Lipinski definition) is 1. The molecule has 0 bridgehead atoms. The molecule has 1 N–H and O–H groups in total. The van der Waals surface area contributed by atoms with Gasteiger partial charge >= 0.3 is 0 Å². The first kappa shape index (κ1) is 34.2. The van der Waals surface area contributed by atoms with Crippen molar-refractivity contribution in [3.8, 4) is 33.9 Å². The third kappa shape index (κ3) is 6.64. The molecule has 0 fully saturated rings. The van der Waals surface area contributed by atoms with Gasteiger partial charge in [0.05, 0.1) is 47.0 Å². The number of nitrogens with one attached hydrogen (secondary N) is 1. The van der Waals surface area contributed by atoms with Crippen molar-refractivity contribution >= 4 is 33.2 Å². The van der Waals surface area contributed by atoms with E-state index in [4.69, 9.17) is 33.4 Å². The van der Waals surface area contributed by atoms with Gasteiger partial charge in [-0.25, -0.2) is 17.8 Å². The summed E-state index contributed by atoms with van der Waals surface area (Å²) in [6.45, 7) is 6.62. The van der Waals surface area contributed by atoms with Crippen molar-refractivity contribution in [2.75, 3.05) is 6.26 Å². The molecular weight excluding hydrogens is 687 g/mol. The molecule has 8 rings (SSSR count). The van der Waals surface area contributed by atoms with Gasteiger partial charge in [0.15, 0.2) is 0 Å². The largest absolute Gasteiger partial charge is 0.307 e. The number of aryl methyl sites for hydroxylation is 2. The Bertz CT molecular complexity index is 2280. The fourth-order valence-electron chi connectivity index (χ4n) is 6.74. The van der Waals surface area contributed by atoms with E-state index in [0.717, 1.165) is 76.1 Å². The van der Waals surface area contributed by atoms with Gasteiger partial charge in [0.1, 0.15) is 0 Å². The zero-order valence-electron chi connectivity index (χ0n) is 28.2. The summed E-state index contributed by atoms with van der Waals surface area (Å²) in [4.78, 5) is 0. The lowest BCUT2D eigenvalue weighted by atomic mass is 10.1. The van der Waals surface area contributed by atoms with Gasteiger partial charge in [0.25, 0.3) is 0 Å². The highest BCUT2D eigenvalue weighted by Gasteiger charge is 2.33.